The van der Waals surface area contributed by atoms with Crippen molar-refractivity contribution >= 4 is 0 Å². The molecule has 0 aliphatic heterocycles. The number of aromatic nitrogens is 2. The van der Waals surface area contributed by atoms with Gasteiger partial charge in [-0.1, -0.05) is 25.1 Å². The molecule has 0 radical (unpaired) electrons. The fourth-order valence-electron chi connectivity index (χ4n) is 1.76. The molecule has 0 fully saturated rings. The molecule has 17 heavy (non-hydrogen) atoms. The van der Waals surface area contributed by atoms with E-state index in [1.807, 2.05) is 32.0 Å². The van der Waals surface area contributed by atoms with Crippen LogP contribution in [0.1, 0.15) is 44.2 Å². The molecule has 0 saturated carbocycles. The standard InChI is InChI=1S/C13H16N2O2/c1-8(2)12-11(10-6-4-5-7-14-10)13(9(3)16)17-15-12/h4-9,16H,1-3H3. The number of rotatable bonds is 3. The predicted octanol–water partition coefficient (Wildman–Crippen LogP) is 2.91. The number of hydrogen-bond donors (Lipinski definition) is 1. The van der Waals surface area contributed by atoms with Crippen molar-refractivity contribution in [2.24, 2.45) is 0 Å². The van der Waals surface area contributed by atoms with Crippen LogP contribution >= 0.6 is 0 Å². The second-order valence-corrected chi connectivity index (χ2v) is 4.35. The van der Waals surface area contributed by atoms with E-state index in [9.17, 15) is 5.11 Å². The van der Waals surface area contributed by atoms with Gasteiger partial charge in [-0.05, 0) is 25.0 Å². The van der Waals surface area contributed by atoms with E-state index in [-0.39, 0.29) is 5.92 Å². The zero-order valence-electron chi connectivity index (χ0n) is 10.2. The van der Waals surface area contributed by atoms with Gasteiger partial charge in [0, 0.05) is 6.20 Å². The highest BCUT2D eigenvalue weighted by molar-refractivity contribution is 5.65. The third-order valence-corrected chi connectivity index (χ3v) is 2.59. The Morgan fingerprint density at radius 2 is 2.00 bits per heavy atom. The average molecular weight is 232 g/mol. The molecular formula is C13H16N2O2. The van der Waals surface area contributed by atoms with Crippen LogP contribution in [0, 0.1) is 0 Å². The molecule has 90 valence electrons. The Kier molecular flexibility index (Phi) is 3.24. The van der Waals surface area contributed by atoms with Crippen LogP contribution in [0.3, 0.4) is 0 Å². The smallest absolute Gasteiger partial charge is 0.174 e. The molecule has 0 aliphatic rings. The summed E-state index contributed by atoms with van der Waals surface area (Å²) in [6, 6.07) is 5.66. The topological polar surface area (TPSA) is 59.2 Å². The van der Waals surface area contributed by atoms with E-state index in [1.54, 1.807) is 13.1 Å². The van der Waals surface area contributed by atoms with Crippen LogP contribution in [0.2, 0.25) is 0 Å². The summed E-state index contributed by atoms with van der Waals surface area (Å²) in [5.74, 6) is 0.704. The normalized spacial score (nSPS) is 13.0. The van der Waals surface area contributed by atoms with Gasteiger partial charge < -0.3 is 9.63 Å². The Morgan fingerprint density at radius 1 is 1.24 bits per heavy atom. The van der Waals surface area contributed by atoms with E-state index >= 15 is 0 Å². The predicted molar refractivity (Wildman–Crippen MR) is 64.5 cm³/mol. The number of hydrogen-bond acceptors (Lipinski definition) is 4. The maximum absolute atomic E-state index is 9.70. The number of pyridine rings is 1. The lowest BCUT2D eigenvalue weighted by Gasteiger charge is -2.06. The highest BCUT2D eigenvalue weighted by Gasteiger charge is 2.23. The lowest BCUT2D eigenvalue weighted by Crippen LogP contribution is -1.96. The van der Waals surface area contributed by atoms with Gasteiger partial charge in [-0.25, -0.2) is 0 Å². The van der Waals surface area contributed by atoms with Gasteiger partial charge in [-0.15, -0.1) is 0 Å². The first-order valence-corrected chi connectivity index (χ1v) is 5.70. The van der Waals surface area contributed by atoms with Crippen molar-refractivity contribution in [3.63, 3.8) is 0 Å². The Balaban J connectivity index is 2.60. The Labute approximate surface area is 100 Å². The third-order valence-electron chi connectivity index (χ3n) is 2.59. The van der Waals surface area contributed by atoms with Gasteiger partial charge in [0.25, 0.3) is 0 Å². The first-order valence-electron chi connectivity index (χ1n) is 5.70. The molecule has 1 atom stereocenters. The highest BCUT2D eigenvalue weighted by Crippen LogP contribution is 2.33. The van der Waals surface area contributed by atoms with Gasteiger partial charge >= 0.3 is 0 Å². The zero-order valence-corrected chi connectivity index (χ0v) is 10.2. The first kappa shape index (κ1) is 11.8. The van der Waals surface area contributed by atoms with Gasteiger partial charge in [-0.2, -0.15) is 0 Å². The summed E-state index contributed by atoms with van der Waals surface area (Å²) in [7, 11) is 0. The molecule has 1 N–H and O–H groups in total. The molecule has 2 aromatic heterocycles. The van der Waals surface area contributed by atoms with E-state index in [0.717, 1.165) is 17.0 Å². The van der Waals surface area contributed by atoms with E-state index in [0.29, 0.717) is 5.76 Å². The molecule has 0 bridgehead atoms. The van der Waals surface area contributed by atoms with Crippen molar-refractivity contribution in [1.82, 2.24) is 10.1 Å². The average Bonchev–Trinajstić information content (AvgIpc) is 2.74. The van der Waals surface area contributed by atoms with Crippen LogP contribution in [0.15, 0.2) is 28.9 Å². The second kappa shape index (κ2) is 4.67. The lowest BCUT2D eigenvalue weighted by molar-refractivity contribution is 0.158. The molecule has 0 spiro atoms. The van der Waals surface area contributed by atoms with Crippen molar-refractivity contribution in [3.05, 3.63) is 35.9 Å². The van der Waals surface area contributed by atoms with Gasteiger partial charge in [0.15, 0.2) is 5.76 Å². The highest BCUT2D eigenvalue weighted by atomic mass is 16.5. The van der Waals surface area contributed by atoms with Crippen molar-refractivity contribution in [3.8, 4) is 11.3 Å². The summed E-state index contributed by atoms with van der Waals surface area (Å²) in [5.41, 5.74) is 2.43. The van der Waals surface area contributed by atoms with Gasteiger partial charge in [0.1, 0.15) is 6.10 Å². The minimum absolute atomic E-state index is 0.225. The molecule has 4 nitrogen and oxygen atoms in total. The fourth-order valence-corrected chi connectivity index (χ4v) is 1.76. The molecule has 0 aromatic carbocycles. The van der Waals surface area contributed by atoms with E-state index < -0.39 is 6.10 Å². The van der Waals surface area contributed by atoms with Gasteiger partial charge in [0.2, 0.25) is 0 Å². The minimum atomic E-state index is -0.688. The summed E-state index contributed by atoms with van der Waals surface area (Å²) >= 11 is 0. The van der Waals surface area contributed by atoms with E-state index in [1.165, 1.54) is 0 Å². The Morgan fingerprint density at radius 3 is 2.53 bits per heavy atom. The maximum Gasteiger partial charge on any atom is 0.174 e. The van der Waals surface area contributed by atoms with Crippen LogP contribution in [-0.4, -0.2) is 15.2 Å². The number of nitrogens with zero attached hydrogens (tertiary/aromatic N) is 2. The quantitative estimate of drug-likeness (QED) is 0.883. The molecule has 2 aromatic rings. The Hall–Kier alpha value is -1.68. The largest absolute Gasteiger partial charge is 0.385 e. The molecule has 2 rings (SSSR count). The summed E-state index contributed by atoms with van der Waals surface area (Å²) < 4.78 is 5.23. The minimum Gasteiger partial charge on any atom is -0.385 e. The summed E-state index contributed by atoms with van der Waals surface area (Å²) in [5, 5.41) is 13.7. The molecule has 0 saturated heterocycles. The molecule has 4 heteroatoms. The first-order chi connectivity index (χ1) is 8.11. The summed E-state index contributed by atoms with van der Waals surface area (Å²) in [6.45, 7) is 5.74. The van der Waals surface area contributed by atoms with Crippen LogP contribution in [0.5, 0.6) is 0 Å². The van der Waals surface area contributed by atoms with Crippen LogP contribution in [-0.2, 0) is 0 Å². The third kappa shape index (κ3) is 2.22. The Bertz CT molecular complexity index is 464. The lowest BCUT2D eigenvalue weighted by atomic mass is 9.99. The summed E-state index contributed by atoms with van der Waals surface area (Å²) in [6.07, 6.45) is 1.03. The molecule has 1 unspecified atom stereocenters. The van der Waals surface area contributed by atoms with E-state index in [4.69, 9.17) is 4.52 Å². The maximum atomic E-state index is 9.70. The van der Waals surface area contributed by atoms with Crippen LogP contribution < -0.4 is 0 Å². The molecule has 0 amide bonds. The number of aliphatic hydroxyl groups excluding tert-OH is 1. The van der Waals surface area contributed by atoms with Crippen molar-refractivity contribution < 1.29 is 9.63 Å². The van der Waals surface area contributed by atoms with Crippen LogP contribution in [0.4, 0.5) is 0 Å². The van der Waals surface area contributed by atoms with Gasteiger partial charge in [-0.3, -0.25) is 4.98 Å². The zero-order chi connectivity index (χ0) is 12.4. The van der Waals surface area contributed by atoms with Crippen molar-refractivity contribution in [2.45, 2.75) is 32.8 Å². The monoisotopic (exact) mass is 232 g/mol. The molecule has 0 aliphatic carbocycles. The molecular weight excluding hydrogens is 216 g/mol. The fraction of sp³-hybridized carbons (Fsp3) is 0.385. The van der Waals surface area contributed by atoms with Crippen LogP contribution in [0.25, 0.3) is 11.3 Å². The van der Waals surface area contributed by atoms with Gasteiger partial charge in [0.05, 0.1) is 17.0 Å². The van der Waals surface area contributed by atoms with Crippen molar-refractivity contribution in [2.75, 3.05) is 0 Å². The SMILES string of the molecule is CC(C)c1noc(C(C)O)c1-c1ccccn1. The molecule has 2 heterocycles. The number of aliphatic hydroxyl groups is 1. The second-order valence-electron chi connectivity index (χ2n) is 4.35. The summed E-state index contributed by atoms with van der Waals surface area (Å²) in [4.78, 5) is 4.30. The van der Waals surface area contributed by atoms with Crippen molar-refractivity contribution in [1.29, 1.82) is 0 Å². The van der Waals surface area contributed by atoms with E-state index in [2.05, 4.69) is 10.1 Å².